The minimum absolute atomic E-state index is 0.624. The maximum atomic E-state index is 8.75. The Balaban J connectivity index is 2.88. The van der Waals surface area contributed by atoms with Crippen LogP contribution in [-0.4, -0.2) is 25.2 Å². The van der Waals surface area contributed by atoms with Gasteiger partial charge in [-0.3, -0.25) is 5.32 Å². The van der Waals surface area contributed by atoms with Gasteiger partial charge in [0.15, 0.2) is 0 Å². The van der Waals surface area contributed by atoms with Crippen molar-refractivity contribution in [3.63, 3.8) is 0 Å². The topological polar surface area (TPSA) is 41.5 Å². The van der Waals surface area contributed by atoms with Gasteiger partial charge in [0.05, 0.1) is 6.61 Å². The number of hydrogen-bond acceptors (Lipinski definition) is 3. The molecule has 0 saturated carbocycles. The second-order valence-electron chi connectivity index (χ2n) is 1.87. The Morgan fingerprint density at radius 2 is 2.33 bits per heavy atom. The highest BCUT2D eigenvalue weighted by molar-refractivity contribution is 4.33. The van der Waals surface area contributed by atoms with Gasteiger partial charge in [0.1, 0.15) is 0 Å². The van der Waals surface area contributed by atoms with Gasteiger partial charge in [-0.25, -0.2) is 0 Å². The summed E-state index contributed by atoms with van der Waals surface area (Å²) in [5, 5.41) is 11.3. The van der Waals surface area contributed by atoms with Gasteiger partial charge in [0.2, 0.25) is 6.41 Å². The molecule has 1 atom stereocenters. The second kappa shape index (κ2) is 6.01. The van der Waals surface area contributed by atoms with E-state index in [-0.39, 0.29) is 0 Å². The van der Waals surface area contributed by atoms with Gasteiger partial charge in [-0.15, -0.1) is 0 Å². The average Bonchev–Trinajstić information content (AvgIpc) is 1.89. The first-order valence-corrected chi connectivity index (χ1v) is 3.28. The number of hydrogen-bond donors (Lipinski definition) is 2. The predicted octanol–water partition coefficient (Wildman–Crippen LogP) is 0.298. The van der Waals surface area contributed by atoms with E-state index in [9.17, 15) is 0 Å². The van der Waals surface area contributed by atoms with Crippen LogP contribution in [0.4, 0.5) is 0 Å². The fourth-order valence-corrected chi connectivity index (χ4v) is 0.423. The highest BCUT2D eigenvalue weighted by Crippen LogP contribution is 1.88. The first-order valence-electron chi connectivity index (χ1n) is 3.28. The standard InChI is InChI=1S/C6H15NO2/c1-3-4-5-9-6(8)7-2/h6-8H,3-5H2,1-2H3. The summed E-state index contributed by atoms with van der Waals surface area (Å²) in [5.74, 6) is 0. The number of unbranched alkanes of at least 4 members (excludes halogenated alkanes) is 1. The molecule has 3 nitrogen and oxygen atoms in total. The molecule has 0 heterocycles. The van der Waals surface area contributed by atoms with Crippen LogP contribution in [0.2, 0.25) is 0 Å². The largest absolute Gasteiger partial charge is 0.356 e. The lowest BCUT2D eigenvalue weighted by molar-refractivity contribution is -0.116. The van der Waals surface area contributed by atoms with Gasteiger partial charge in [0, 0.05) is 0 Å². The monoisotopic (exact) mass is 133 g/mol. The molecule has 0 saturated heterocycles. The molecule has 3 heteroatoms. The first-order chi connectivity index (χ1) is 4.31. The molecule has 0 aliphatic heterocycles. The Morgan fingerprint density at radius 1 is 1.67 bits per heavy atom. The summed E-state index contributed by atoms with van der Waals surface area (Å²) in [6.45, 7) is 2.70. The quantitative estimate of drug-likeness (QED) is 0.418. The van der Waals surface area contributed by atoms with Crippen LogP contribution in [-0.2, 0) is 4.74 Å². The molecule has 0 spiro atoms. The second-order valence-corrected chi connectivity index (χ2v) is 1.87. The first kappa shape index (κ1) is 8.88. The molecule has 0 amide bonds. The number of ether oxygens (including phenoxy) is 1. The maximum Gasteiger partial charge on any atom is 0.213 e. The molecule has 0 radical (unpaired) electrons. The molecule has 0 aromatic carbocycles. The van der Waals surface area contributed by atoms with Crippen molar-refractivity contribution in [2.24, 2.45) is 0 Å². The van der Waals surface area contributed by atoms with E-state index in [0.717, 1.165) is 12.8 Å². The smallest absolute Gasteiger partial charge is 0.213 e. The summed E-state index contributed by atoms with van der Waals surface area (Å²) >= 11 is 0. The van der Waals surface area contributed by atoms with E-state index < -0.39 is 6.41 Å². The fourth-order valence-electron chi connectivity index (χ4n) is 0.423. The Morgan fingerprint density at radius 3 is 2.78 bits per heavy atom. The highest BCUT2D eigenvalue weighted by Gasteiger charge is 1.95. The van der Waals surface area contributed by atoms with Gasteiger partial charge >= 0.3 is 0 Å². The SMILES string of the molecule is CCCCOC(O)NC. The Kier molecular flexibility index (Phi) is 5.93. The summed E-state index contributed by atoms with van der Waals surface area (Å²) in [5.41, 5.74) is 0. The molecule has 0 bridgehead atoms. The zero-order chi connectivity index (χ0) is 7.11. The summed E-state index contributed by atoms with van der Waals surface area (Å²) < 4.78 is 4.88. The molecular weight excluding hydrogens is 118 g/mol. The third-order valence-electron chi connectivity index (χ3n) is 1.02. The number of rotatable bonds is 5. The molecule has 1 unspecified atom stereocenters. The van der Waals surface area contributed by atoms with E-state index in [2.05, 4.69) is 12.2 Å². The molecule has 0 aromatic rings. The number of nitrogens with one attached hydrogen (secondary N) is 1. The zero-order valence-corrected chi connectivity index (χ0v) is 6.05. The Hall–Kier alpha value is -0.120. The van der Waals surface area contributed by atoms with Crippen LogP contribution in [0.3, 0.4) is 0 Å². The third-order valence-corrected chi connectivity index (χ3v) is 1.02. The minimum atomic E-state index is -0.795. The molecule has 0 fully saturated rings. The summed E-state index contributed by atoms with van der Waals surface area (Å²) in [4.78, 5) is 0. The van der Waals surface area contributed by atoms with Crippen LogP contribution in [0.5, 0.6) is 0 Å². The van der Waals surface area contributed by atoms with E-state index in [0.29, 0.717) is 6.61 Å². The summed E-state index contributed by atoms with van der Waals surface area (Å²) in [6.07, 6.45) is 1.30. The van der Waals surface area contributed by atoms with E-state index in [4.69, 9.17) is 9.84 Å². The van der Waals surface area contributed by atoms with Gasteiger partial charge in [-0.1, -0.05) is 13.3 Å². The van der Waals surface area contributed by atoms with Crippen LogP contribution >= 0.6 is 0 Å². The molecule has 0 aromatic heterocycles. The summed E-state index contributed by atoms with van der Waals surface area (Å²) in [6, 6.07) is 0. The van der Waals surface area contributed by atoms with Crippen molar-refractivity contribution in [3.05, 3.63) is 0 Å². The van der Waals surface area contributed by atoms with Gasteiger partial charge in [-0.2, -0.15) is 0 Å². The summed E-state index contributed by atoms with van der Waals surface area (Å²) in [7, 11) is 1.65. The van der Waals surface area contributed by atoms with Crippen LogP contribution in [0, 0.1) is 0 Å². The van der Waals surface area contributed by atoms with Gasteiger partial charge in [0.25, 0.3) is 0 Å². The van der Waals surface area contributed by atoms with E-state index in [1.54, 1.807) is 7.05 Å². The number of aliphatic hydroxyl groups excluding tert-OH is 1. The predicted molar refractivity (Wildman–Crippen MR) is 35.9 cm³/mol. The lowest BCUT2D eigenvalue weighted by atomic mass is 10.4. The molecule has 0 aliphatic carbocycles. The van der Waals surface area contributed by atoms with Gasteiger partial charge in [-0.05, 0) is 13.5 Å². The number of aliphatic hydroxyl groups is 1. The normalized spacial score (nSPS) is 13.7. The molecule has 0 rings (SSSR count). The molecule has 9 heavy (non-hydrogen) atoms. The van der Waals surface area contributed by atoms with E-state index in [1.165, 1.54) is 0 Å². The molecule has 56 valence electrons. The van der Waals surface area contributed by atoms with Crippen LogP contribution in [0.1, 0.15) is 19.8 Å². The lowest BCUT2D eigenvalue weighted by Crippen LogP contribution is -2.27. The third kappa shape index (κ3) is 5.76. The lowest BCUT2D eigenvalue weighted by Gasteiger charge is -2.08. The minimum Gasteiger partial charge on any atom is -0.356 e. The van der Waals surface area contributed by atoms with Crippen LogP contribution in [0.25, 0.3) is 0 Å². The fraction of sp³-hybridized carbons (Fsp3) is 1.00. The van der Waals surface area contributed by atoms with Crippen molar-refractivity contribution in [3.8, 4) is 0 Å². The Bertz CT molecular complexity index is 59.0. The van der Waals surface area contributed by atoms with E-state index >= 15 is 0 Å². The van der Waals surface area contributed by atoms with Crippen molar-refractivity contribution in [1.82, 2.24) is 5.32 Å². The zero-order valence-electron chi connectivity index (χ0n) is 6.05. The highest BCUT2D eigenvalue weighted by atomic mass is 16.6. The van der Waals surface area contributed by atoms with Crippen molar-refractivity contribution >= 4 is 0 Å². The molecular formula is C6H15NO2. The van der Waals surface area contributed by atoms with Gasteiger partial charge < -0.3 is 9.84 Å². The average molecular weight is 133 g/mol. The Labute approximate surface area is 56.0 Å². The van der Waals surface area contributed by atoms with Crippen molar-refractivity contribution < 1.29 is 9.84 Å². The van der Waals surface area contributed by atoms with E-state index in [1.807, 2.05) is 0 Å². The van der Waals surface area contributed by atoms with Crippen LogP contribution < -0.4 is 5.32 Å². The maximum absolute atomic E-state index is 8.75. The van der Waals surface area contributed by atoms with Crippen LogP contribution in [0.15, 0.2) is 0 Å². The van der Waals surface area contributed by atoms with Crippen molar-refractivity contribution in [1.29, 1.82) is 0 Å². The molecule has 2 N–H and O–H groups in total. The molecule has 0 aliphatic rings. The van der Waals surface area contributed by atoms with Crippen molar-refractivity contribution in [2.75, 3.05) is 13.7 Å². The van der Waals surface area contributed by atoms with Crippen molar-refractivity contribution in [2.45, 2.75) is 26.2 Å².